The van der Waals surface area contributed by atoms with Crippen molar-refractivity contribution in [3.63, 3.8) is 0 Å². The van der Waals surface area contributed by atoms with Gasteiger partial charge in [-0.15, -0.1) is 0 Å². The van der Waals surface area contributed by atoms with Crippen LogP contribution in [0.15, 0.2) is 0 Å². The summed E-state index contributed by atoms with van der Waals surface area (Å²) in [5.74, 6) is 1.59. The summed E-state index contributed by atoms with van der Waals surface area (Å²) in [5.41, 5.74) is 5.69. The van der Waals surface area contributed by atoms with Gasteiger partial charge in [-0.2, -0.15) is 0 Å². The SMILES string of the molecule is CC1CN(C(CN)C(C)C)C1. The van der Waals surface area contributed by atoms with Crippen molar-refractivity contribution in [2.75, 3.05) is 19.6 Å². The largest absolute Gasteiger partial charge is 0.329 e. The predicted octanol–water partition coefficient (Wildman–Crippen LogP) is 0.921. The molecule has 1 aliphatic heterocycles. The van der Waals surface area contributed by atoms with Crippen LogP contribution in [0.4, 0.5) is 0 Å². The molecule has 11 heavy (non-hydrogen) atoms. The van der Waals surface area contributed by atoms with Gasteiger partial charge in [0.25, 0.3) is 0 Å². The van der Waals surface area contributed by atoms with Crippen LogP contribution in [-0.2, 0) is 0 Å². The fourth-order valence-corrected chi connectivity index (χ4v) is 1.86. The molecule has 0 aromatic carbocycles. The van der Waals surface area contributed by atoms with Gasteiger partial charge in [0.1, 0.15) is 0 Å². The maximum absolute atomic E-state index is 5.69. The van der Waals surface area contributed by atoms with Crippen LogP contribution in [0.1, 0.15) is 20.8 Å². The molecule has 1 aliphatic rings. The van der Waals surface area contributed by atoms with Gasteiger partial charge in [-0.25, -0.2) is 0 Å². The Kier molecular flexibility index (Phi) is 2.90. The minimum Gasteiger partial charge on any atom is -0.329 e. The molecule has 1 rings (SSSR count). The third-order valence-electron chi connectivity index (χ3n) is 2.57. The Morgan fingerprint density at radius 1 is 1.45 bits per heavy atom. The average Bonchev–Trinajstić information content (AvgIpc) is 1.85. The Morgan fingerprint density at radius 2 is 2.00 bits per heavy atom. The second kappa shape index (κ2) is 3.55. The lowest BCUT2D eigenvalue weighted by Crippen LogP contribution is -2.55. The van der Waals surface area contributed by atoms with Crippen molar-refractivity contribution < 1.29 is 0 Å². The van der Waals surface area contributed by atoms with E-state index in [0.29, 0.717) is 12.0 Å². The van der Waals surface area contributed by atoms with E-state index >= 15 is 0 Å². The van der Waals surface area contributed by atoms with Gasteiger partial charge in [0.2, 0.25) is 0 Å². The van der Waals surface area contributed by atoms with E-state index in [2.05, 4.69) is 25.7 Å². The first-order valence-electron chi connectivity index (χ1n) is 4.59. The third kappa shape index (κ3) is 1.94. The number of hydrogen-bond donors (Lipinski definition) is 1. The zero-order valence-electron chi connectivity index (χ0n) is 7.88. The molecule has 1 unspecified atom stereocenters. The van der Waals surface area contributed by atoms with Crippen LogP contribution in [0.3, 0.4) is 0 Å². The molecule has 2 heteroatoms. The zero-order chi connectivity index (χ0) is 8.43. The van der Waals surface area contributed by atoms with Gasteiger partial charge in [0, 0.05) is 25.7 Å². The summed E-state index contributed by atoms with van der Waals surface area (Å²) in [5, 5.41) is 0. The summed E-state index contributed by atoms with van der Waals surface area (Å²) in [4.78, 5) is 2.50. The van der Waals surface area contributed by atoms with Crippen LogP contribution in [0, 0.1) is 11.8 Å². The number of hydrogen-bond acceptors (Lipinski definition) is 2. The third-order valence-corrected chi connectivity index (χ3v) is 2.57. The lowest BCUT2D eigenvalue weighted by atomic mass is 9.94. The molecule has 1 fully saturated rings. The zero-order valence-corrected chi connectivity index (χ0v) is 7.88. The van der Waals surface area contributed by atoms with Crippen LogP contribution in [-0.4, -0.2) is 30.6 Å². The molecule has 66 valence electrons. The molecule has 2 N–H and O–H groups in total. The number of nitrogens with two attached hydrogens (primary N) is 1. The first-order chi connectivity index (χ1) is 5.15. The van der Waals surface area contributed by atoms with Crippen molar-refractivity contribution in [2.45, 2.75) is 26.8 Å². The Hall–Kier alpha value is -0.0800. The molecule has 1 heterocycles. The molecule has 0 aromatic rings. The lowest BCUT2D eigenvalue weighted by Gasteiger charge is -2.44. The second-order valence-electron chi connectivity index (χ2n) is 4.11. The smallest absolute Gasteiger partial charge is 0.0241 e. The molecule has 1 saturated heterocycles. The molecule has 0 bridgehead atoms. The Labute approximate surface area is 69.8 Å². The lowest BCUT2D eigenvalue weighted by molar-refractivity contribution is 0.0443. The normalized spacial score (nSPS) is 23.7. The summed E-state index contributed by atoms with van der Waals surface area (Å²) in [6.07, 6.45) is 0. The van der Waals surface area contributed by atoms with Gasteiger partial charge < -0.3 is 5.73 Å². The molecule has 0 aliphatic carbocycles. The summed E-state index contributed by atoms with van der Waals surface area (Å²) in [6.45, 7) is 10.1. The number of rotatable bonds is 3. The first-order valence-corrected chi connectivity index (χ1v) is 4.59. The van der Waals surface area contributed by atoms with Crippen molar-refractivity contribution in [1.82, 2.24) is 4.90 Å². The van der Waals surface area contributed by atoms with Crippen LogP contribution in [0.2, 0.25) is 0 Å². The second-order valence-corrected chi connectivity index (χ2v) is 4.11. The summed E-state index contributed by atoms with van der Waals surface area (Å²) < 4.78 is 0. The summed E-state index contributed by atoms with van der Waals surface area (Å²) in [6, 6.07) is 0.617. The van der Waals surface area contributed by atoms with Gasteiger partial charge in [-0.05, 0) is 11.8 Å². The van der Waals surface area contributed by atoms with E-state index in [4.69, 9.17) is 5.73 Å². The van der Waals surface area contributed by atoms with Gasteiger partial charge in [-0.1, -0.05) is 20.8 Å². The van der Waals surface area contributed by atoms with Crippen molar-refractivity contribution in [2.24, 2.45) is 17.6 Å². The fourth-order valence-electron chi connectivity index (χ4n) is 1.86. The Morgan fingerprint density at radius 3 is 2.27 bits per heavy atom. The van der Waals surface area contributed by atoms with E-state index in [9.17, 15) is 0 Å². The molecule has 2 nitrogen and oxygen atoms in total. The van der Waals surface area contributed by atoms with Crippen LogP contribution in [0.25, 0.3) is 0 Å². The maximum Gasteiger partial charge on any atom is 0.0241 e. The van der Waals surface area contributed by atoms with Gasteiger partial charge >= 0.3 is 0 Å². The number of likely N-dealkylation sites (tertiary alicyclic amines) is 1. The molecule has 1 atom stereocenters. The van der Waals surface area contributed by atoms with E-state index < -0.39 is 0 Å². The van der Waals surface area contributed by atoms with E-state index in [0.717, 1.165) is 12.5 Å². The highest BCUT2D eigenvalue weighted by atomic mass is 15.2. The highest BCUT2D eigenvalue weighted by Crippen LogP contribution is 2.21. The fraction of sp³-hybridized carbons (Fsp3) is 1.00. The monoisotopic (exact) mass is 156 g/mol. The first kappa shape index (κ1) is 9.01. The van der Waals surface area contributed by atoms with E-state index in [1.54, 1.807) is 0 Å². The van der Waals surface area contributed by atoms with Crippen LogP contribution >= 0.6 is 0 Å². The highest BCUT2D eigenvalue weighted by Gasteiger charge is 2.29. The molecule has 0 radical (unpaired) electrons. The highest BCUT2D eigenvalue weighted by molar-refractivity contribution is 4.85. The van der Waals surface area contributed by atoms with Crippen molar-refractivity contribution in [1.29, 1.82) is 0 Å². The van der Waals surface area contributed by atoms with Crippen LogP contribution in [0.5, 0.6) is 0 Å². The van der Waals surface area contributed by atoms with Gasteiger partial charge in [0.05, 0.1) is 0 Å². The predicted molar refractivity (Wildman–Crippen MR) is 48.4 cm³/mol. The van der Waals surface area contributed by atoms with Crippen LogP contribution < -0.4 is 5.73 Å². The van der Waals surface area contributed by atoms with E-state index in [-0.39, 0.29) is 0 Å². The summed E-state index contributed by atoms with van der Waals surface area (Å²) in [7, 11) is 0. The molecule has 0 aromatic heterocycles. The molecular formula is C9H20N2. The Balaban J connectivity index is 2.32. The molecule has 0 saturated carbocycles. The Bertz CT molecular complexity index is 117. The minimum absolute atomic E-state index is 0.617. The molecule has 0 spiro atoms. The van der Waals surface area contributed by atoms with Gasteiger partial charge in [-0.3, -0.25) is 4.90 Å². The molecular weight excluding hydrogens is 136 g/mol. The van der Waals surface area contributed by atoms with E-state index in [1.807, 2.05) is 0 Å². The van der Waals surface area contributed by atoms with Crippen molar-refractivity contribution in [3.8, 4) is 0 Å². The minimum atomic E-state index is 0.617. The maximum atomic E-state index is 5.69. The van der Waals surface area contributed by atoms with Crippen molar-refractivity contribution >= 4 is 0 Å². The standard InChI is InChI=1S/C9H20N2/c1-7(2)9(4-10)11-5-8(3)6-11/h7-9H,4-6,10H2,1-3H3. The average molecular weight is 156 g/mol. The summed E-state index contributed by atoms with van der Waals surface area (Å²) >= 11 is 0. The molecule has 0 amide bonds. The van der Waals surface area contributed by atoms with E-state index in [1.165, 1.54) is 13.1 Å². The topological polar surface area (TPSA) is 29.3 Å². The van der Waals surface area contributed by atoms with Gasteiger partial charge in [0.15, 0.2) is 0 Å². The quantitative estimate of drug-likeness (QED) is 0.658. The van der Waals surface area contributed by atoms with Crippen molar-refractivity contribution in [3.05, 3.63) is 0 Å². The number of nitrogens with zero attached hydrogens (tertiary/aromatic N) is 1.